The van der Waals surface area contributed by atoms with Crippen molar-refractivity contribution in [2.75, 3.05) is 13.7 Å². The van der Waals surface area contributed by atoms with Crippen LogP contribution >= 0.6 is 0 Å². The van der Waals surface area contributed by atoms with Crippen molar-refractivity contribution in [2.45, 2.75) is 33.1 Å². The van der Waals surface area contributed by atoms with Gasteiger partial charge in [-0.1, -0.05) is 26.3 Å². The Hall–Kier alpha value is -3.60. The zero-order chi connectivity index (χ0) is 22.3. The highest BCUT2D eigenvalue weighted by atomic mass is 16.5. The summed E-state index contributed by atoms with van der Waals surface area (Å²) in [5.41, 5.74) is 9.17. The third-order valence-electron chi connectivity index (χ3n) is 5.49. The normalized spacial score (nSPS) is 12.7. The van der Waals surface area contributed by atoms with Crippen molar-refractivity contribution < 1.29 is 9.47 Å². The summed E-state index contributed by atoms with van der Waals surface area (Å²) in [7, 11) is 1.66. The molecule has 1 aliphatic heterocycles. The standard InChI is InChI=1S/C27H29N3O2/c1-4-6-17-32-23-14-8-20(9-15-23)26-24-18-19(5-2)7-16-25(24)28-27(30-29-26)21-10-12-22(31-3)13-11-21/h7-16,18H,4-6,17H2,1-3H3,(H,28,30). The van der Waals surface area contributed by atoms with Gasteiger partial charge in [-0.2, -0.15) is 5.10 Å². The summed E-state index contributed by atoms with van der Waals surface area (Å²) in [4.78, 5) is 4.91. The van der Waals surface area contributed by atoms with Gasteiger partial charge in [0.05, 0.1) is 25.1 Å². The molecule has 5 nitrogen and oxygen atoms in total. The van der Waals surface area contributed by atoms with Crippen molar-refractivity contribution in [3.63, 3.8) is 0 Å². The molecule has 0 radical (unpaired) electrons. The van der Waals surface area contributed by atoms with Crippen LogP contribution in [0.3, 0.4) is 0 Å². The predicted octanol–water partition coefficient (Wildman–Crippen LogP) is 5.87. The number of nitrogens with zero attached hydrogens (tertiary/aromatic N) is 2. The van der Waals surface area contributed by atoms with E-state index in [4.69, 9.17) is 19.6 Å². The zero-order valence-electron chi connectivity index (χ0n) is 18.9. The molecule has 3 aromatic carbocycles. The van der Waals surface area contributed by atoms with E-state index >= 15 is 0 Å². The van der Waals surface area contributed by atoms with Gasteiger partial charge in [-0.15, -0.1) is 0 Å². The maximum Gasteiger partial charge on any atom is 0.154 e. The van der Waals surface area contributed by atoms with E-state index < -0.39 is 0 Å². The zero-order valence-corrected chi connectivity index (χ0v) is 18.9. The van der Waals surface area contributed by atoms with Crippen molar-refractivity contribution in [1.29, 1.82) is 0 Å². The SMILES string of the molecule is CCCCOc1ccc(C2=NNC(c3ccc(OC)cc3)=Nc3ccc(CC)cc32)cc1. The Labute approximate surface area is 189 Å². The van der Waals surface area contributed by atoms with E-state index in [-0.39, 0.29) is 0 Å². The number of benzene rings is 3. The van der Waals surface area contributed by atoms with Crippen LogP contribution < -0.4 is 14.9 Å². The number of unbranched alkanes of at least 4 members (excludes halogenated alkanes) is 1. The second kappa shape index (κ2) is 10.1. The summed E-state index contributed by atoms with van der Waals surface area (Å²) < 4.78 is 11.1. The molecule has 0 aliphatic carbocycles. The number of rotatable bonds is 8. The second-order valence-corrected chi connectivity index (χ2v) is 7.69. The molecule has 32 heavy (non-hydrogen) atoms. The minimum absolute atomic E-state index is 0.702. The fourth-order valence-electron chi connectivity index (χ4n) is 3.55. The molecule has 0 amide bonds. The molecule has 1 aliphatic rings. The highest BCUT2D eigenvalue weighted by Crippen LogP contribution is 2.28. The number of fused-ring (bicyclic) bond motifs is 1. The highest BCUT2D eigenvalue weighted by Gasteiger charge is 2.18. The molecule has 164 valence electrons. The van der Waals surface area contributed by atoms with Gasteiger partial charge in [-0.05, 0) is 79.1 Å². The number of aliphatic imine (C=N–C) groups is 1. The van der Waals surface area contributed by atoms with Crippen LogP contribution in [0.2, 0.25) is 0 Å². The topological polar surface area (TPSA) is 55.2 Å². The molecule has 0 bridgehead atoms. The van der Waals surface area contributed by atoms with Crippen molar-refractivity contribution in [3.8, 4) is 11.5 Å². The van der Waals surface area contributed by atoms with Crippen LogP contribution in [0.1, 0.15) is 48.9 Å². The minimum Gasteiger partial charge on any atom is -0.497 e. The summed E-state index contributed by atoms with van der Waals surface area (Å²) in [6, 6.07) is 22.3. The lowest BCUT2D eigenvalue weighted by molar-refractivity contribution is 0.309. The van der Waals surface area contributed by atoms with Crippen LogP contribution in [0.25, 0.3) is 0 Å². The molecule has 0 fully saturated rings. The quantitative estimate of drug-likeness (QED) is 0.457. The fourth-order valence-corrected chi connectivity index (χ4v) is 3.55. The third-order valence-corrected chi connectivity index (χ3v) is 5.49. The molecule has 0 saturated carbocycles. The van der Waals surface area contributed by atoms with Gasteiger partial charge in [0, 0.05) is 16.7 Å². The van der Waals surface area contributed by atoms with Gasteiger partial charge in [0.2, 0.25) is 0 Å². The van der Waals surface area contributed by atoms with Crippen LogP contribution in [-0.4, -0.2) is 25.3 Å². The molecule has 0 saturated heterocycles. The van der Waals surface area contributed by atoms with Crippen molar-refractivity contribution in [1.82, 2.24) is 5.43 Å². The Bertz CT molecular complexity index is 1120. The van der Waals surface area contributed by atoms with Gasteiger partial charge >= 0.3 is 0 Å². The van der Waals surface area contributed by atoms with Gasteiger partial charge < -0.3 is 9.47 Å². The molecule has 1 N–H and O–H groups in total. The molecule has 0 spiro atoms. The fraction of sp³-hybridized carbons (Fsp3) is 0.259. The molecular weight excluding hydrogens is 398 g/mol. The lowest BCUT2D eigenvalue weighted by atomic mass is 9.98. The first kappa shape index (κ1) is 21.6. The molecule has 0 unspecified atom stereocenters. The van der Waals surface area contributed by atoms with E-state index in [9.17, 15) is 0 Å². The number of nitrogens with one attached hydrogen (secondary N) is 1. The number of hydrazone groups is 1. The molecule has 3 aromatic rings. The summed E-state index contributed by atoms with van der Waals surface area (Å²) in [6.07, 6.45) is 3.12. The van der Waals surface area contributed by atoms with Crippen LogP contribution in [0, 0.1) is 0 Å². The first-order valence-electron chi connectivity index (χ1n) is 11.1. The number of ether oxygens (including phenoxy) is 2. The van der Waals surface area contributed by atoms with E-state index in [1.54, 1.807) is 7.11 Å². The van der Waals surface area contributed by atoms with Gasteiger partial charge in [0.15, 0.2) is 5.84 Å². The second-order valence-electron chi connectivity index (χ2n) is 7.69. The van der Waals surface area contributed by atoms with E-state index in [2.05, 4.69) is 49.6 Å². The molecule has 4 rings (SSSR count). The molecular formula is C27H29N3O2. The Morgan fingerprint density at radius 3 is 2.25 bits per heavy atom. The molecule has 1 heterocycles. The van der Waals surface area contributed by atoms with Gasteiger partial charge in [0.25, 0.3) is 0 Å². The van der Waals surface area contributed by atoms with Gasteiger partial charge in [-0.3, -0.25) is 5.43 Å². The first-order chi connectivity index (χ1) is 15.7. The summed E-state index contributed by atoms with van der Waals surface area (Å²) in [5, 5.41) is 4.78. The largest absolute Gasteiger partial charge is 0.497 e. The summed E-state index contributed by atoms with van der Waals surface area (Å²) in [6.45, 7) is 5.05. The van der Waals surface area contributed by atoms with E-state index in [1.807, 2.05) is 36.4 Å². The minimum atomic E-state index is 0.702. The number of aryl methyl sites for hydroxylation is 1. The van der Waals surface area contributed by atoms with Crippen LogP contribution in [0.15, 0.2) is 76.8 Å². The van der Waals surface area contributed by atoms with E-state index in [0.29, 0.717) is 5.84 Å². The van der Waals surface area contributed by atoms with Crippen LogP contribution in [0.5, 0.6) is 11.5 Å². The van der Waals surface area contributed by atoms with E-state index in [0.717, 1.165) is 65.5 Å². The number of hydrogen-bond donors (Lipinski definition) is 1. The summed E-state index contributed by atoms with van der Waals surface area (Å²) >= 11 is 0. The number of amidine groups is 1. The molecule has 0 aromatic heterocycles. The van der Waals surface area contributed by atoms with Gasteiger partial charge in [0.1, 0.15) is 11.5 Å². The smallest absolute Gasteiger partial charge is 0.154 e. The first-order valence-corrected chi connectivity index (χ1v) is 11.1. The maximum absolute atomic E-state index is 5.82. The van der Waals surface area contributed by atoms with Crippen molar-refractivity contribution in [2.24, 2.45) is 10.1 Å². The Morgan fingerprint density at radius 1 is 0.844 bits per heavy atom. The Kier molecular flexibility index (Phi) is 6.85. The summed E-state index contributed by atoms with van der Waals surface area (Å²) in [5.74, 6) is 2.39. The maximum atomic E-state index is 5.82. The highest BCUT2D eigenvalue weighted by molar-refractivity contribution is 6.18. The van der Waals surface area contributed by atoms with Crippen LogP contribution in [0.4, 0.5) is 5.69 Å². The van der Waals surface area contributed by atoms with Gasteiger partial charge in [-0.25, -0.2) is 4.99 Å². The molecule has 0 atom stereocenters. The van der Waals surface area contributed by atoms with Crippen molar-refractivity contribution >= 4 is 17.2 Å². The van der Waals surface area contributed by atoms with Crippen LogP contribution in [-0.2, 0) is 6.42 Å². The third kappa shape index (κ3) is 4.83. The Balaban J connectivity index is 1.70. The Morgan fingerprint density at radius 2 is 1.56 bits per heavy atom. The average molecular weight is 428 g/mol. The van der Waals surface area contributed by atoms with E-state index in [1.165, 1.54) is 5.56 Å². The monoisotopic (exact) mass is 427 g/mol. The lowest BCUT2D eigenvalue weighted by Gasteiger charge is -2.11. The number of methoxy groups -OCH3 is 1. The number of hydrogen-bond acceptors (Lipinski definition) is 5. The average Bonchev–Trinajstić information content (AvgIpc) is 3.04. The van der Waals surface area contributed by atoms with Crippen molar-refractivity contribution in [3.05, 3.63) is 89.0 Å². The predicted molar refractivity (Wildman–Crippen MR) is 131 cm³/mol. The lowest BCUT2D eigenvalue weighted by Crippen LogP contribution is -2.19. The molecule has 5 heteroatoms.